The van der Waals surface area contributed by atoms with Gasteiger partial charge in [-0.25, -0.2) is 14.3 Å². The minimum atomic E-state index is -1.59. The molecule has 27 heavy (non-hydrogen) atoms. The molecule has 0 aliphatic rings. The Morgan fingerprint density at radius 1 is 1.33 bits per heavy atom. The van der Waals surface area contributed by atoms with Crippen LogP contribution in [0, 0.1) is 0 Å². The molecule has 0 radical (unpaired) electrons. The van der Waals surface area contributed by atoms with Gasteiger partial charge in [0.05, 0.1) is 34.7 Å². The summed E-state index contributed by atoms with van der Waals surface area (Å²) in [5, 5.41) is 20.4. The van der Waals surface area contributed by atoms with E-state index in [0.717, 1.165) is 11.3 Å². The van der Waals surface area contributed by atoms with E-state index in [4.69, 9.17) is 15.0 Å². The molecular formula is C18H20N4O3S2. The number of rotatable bonds is 7. The first-order valence-corrected chi connectivity index (χ1v) is 10.3. The van der Waals surface area contributed by atoms with Crippen molar-refractivity contribution in [1.82, 2.24) is 9.97 Å². The molecule has 9 heteroatoms. The maximum Gasteiger partial charge on any atom is 0.187 e. The molecule has 1 aromatic carbocycles. The van der Waals surface area contributed by atoms with E-state index in [1.807, 2.05) is 25.3 Å². The van der Waals surface area contributed by atoms with Gasteiger partial charge in [0.25, 0.3) is 0 Å². The quantitative estimate of drug-likeness (QED) is 0.558. The standard InChI is InChI=1S/C18H20N4O3S2/c1-11(2)25-17-6-5-14(27(19)24)7-15(17)21-18-22-16(10-26-18)12-3-4-13(9-23)20-8-12/h3-8,10-11,23H,9,19H2,1-2H3,(H,21,22). The molecule has 0 saturated heterocycles. The van der Waals surface area contributed by atoms with Gasteiger partial charge in [-0.05, 0) is 44.2 Å². The summed E-state index contributed by atoms with van der Waals surface area (Å²) in [7, 11) is -1.59. The van der Waals surface area contributed by atoms with Crippen LogP contribution in [0.25, 0.3) is 11.3 Å². The lowest BCUT2D eigenvalue weighted by Crippen LogP contribution is -2.09. The van der Waals surface area contributed by atoms with Crippen LogP contribution in [0.4, 0.5) is 10.8 Å². The summed E-state index contributed by atoms with van der Waals surface area (Å²) in [6, 6.07) is 8.75. The summed E-state index contributed by atoms with van der Waals surface area (Å²) in [4.78, 5) is 9.23. The topological polar surface area (TPSA) is 110 Å². The zero-order valence-electron chi connectivity index (χ0n) is 14.9. The van der Waals surface area contributed by atoms with Gasteiger partial charge < -0.3 is 15.2 Å². The first-order valence-electron chi connectivity index (χ1n) is 8.22. The number of aromatic nitrogens is 2. The highest BCUT2D eigenvalue weighted by Crippen LogP contribution is 2.33. The number of nitrogens with zero attached hydrogens (tertiary/aromatic N) is 2. The number of nitrogens with two attached hydrogens (primary N) is 1. The fourth-order valence-corrected chi connectivity index (χ4v) is 3.51. The molecule has 7 nitrogen and oxygen atoms in total. The first-order chi connectivity index (χ1) is 13.0. The molecule has 3 rings (SSSR count). The summed E-state index contributed by atoms with van der Waals surface area (Å²) in [6.45, 7) is 3.77. The van der Waals surface area contributed by atoms with Crippen molar-refractivity contribution in [3.05, 3.63) is 47.6 Å². The molecule has 3 aromatic rings. The lowest BCUT2D eigenvalue weighted by Gasteiger charge is -2.15. The number of aliphatic hydroxyl groups excluding tert-OH is 1. The normalized spacial score (nSPS) is 12.2. The summed E-state index contributed by atoms with van der Waals surface area (Å²) in [5.41, 5.74) is 2.88. The van der Waals surface area contributed by atoms with Crippen LogP contribution < -0.4 is 15.2 Å². The highest BCUT2D eigenvalue weighted by Gasteiger charge is 2.12. The second-order valence-corrected chi connectivity index (χ2v) is 7.91. The number of aliphatic hydroxyl groups is 1. The largest absolute Gasteiger partial charge is 0.489 e. The average molecular weight is 405 g/mol. The molecule has 2 aromatic heterocycles. The number of ether oxygens (including phenoxy) is 1. The van der Waals surface area contributed by atoms with Gasteiger partial charge in [-0.1, -0.05) is 0 Å². The molecule has 0 aliphatic heterocycles. The molecule has 1 unspecified atom stereocenters. The predicted molar refractivity (Wildman–Crippen MR) is 107 cm³/mol. The molecular weight excluding hydrogens is 384 g/mol. The molecule has 2 heterocycles. The first kappa shape index (κ1) is 19.4. The van der Waals surface area contributed by atoms with Crippen LogP contribution in [-0.2, 0) is 17.6 Å². The molecule has 0 bridgehead atoms. The van der Waals surface area contributed by atoms with Crippen molar-refractivity contribution < 1.29 is 14.1 Å². The highest BCUT2D eigenvalue weighted by atomic mass is 32.2. The van der Waals surface area contributed by atoms with Gasteiger partial charge in [-0.15, -0.1) is 11.3 Å². The molecule has 4 N–H and O–H groups in total. The van der Waals surface area contributed by atoms with Crippen molar-refractivity contribution in [2.24, 2.45) is 5.14 Å². The van der Waals surface area contributed by atoms with Gasteiger partial charge in [0, 0.05) is 17.1 Å². The van der Waals surface area contributed by atoms with Gasteiger partial charge in [-0.3, -0.25) is 4.98 Å². The minimum Gasteiger partial charge on any atom is -0.489 e. The molecule has 0 aliphatic carbocycles. The zero-order chi connectivity index (χ0) is 19.4. The van der Waals surface area contributed by atoms with Crippen LogP contribution in [0.1, 0.15) is 19.5 Å². The molecule has 0 saturated carbocycles. The zero-order valence-corrected chi connectivity index (χ0v) is 16.5. The summed E-state index contributed by atoms with van der Waals surface area (Å²) < 4.78 is 17.4. The van der Waals surface area contributed by atoms with Crippen molar-refractivity contribution in [3.63, 3.8) is 0 Å². The van der Waals surface area contributed by atoms with Crippen molar-refractivity contribution in [2.75, 3.05) is 5.32 Å². The lowest BCUT2D eigenvalue weighted by atomic mass is 10.2. The third kappa shape index (κ3) is 4.89. The van der Waals surface area contributed by atoms with Crippen molar-refractivity contribution >= 4 is 33.1 Å². The van der Waals surface area contributed by atoms with Crippen molar-refractivity contribution in [3.8, 4) is 17.0 Å². The van der Waals surface area contributed by atoms with Gasteiger partial charge in [0.15, 0.2) is 5.13 Å². The van der Waals surface area contributed by atoms with E-state index in [1.54, 1.807) is 30.5 Å². The SMILES string of the molecule is CC(C)Oc1ccc(S(N)=O)cc1Nc1nc(-c2ccc(CO)nc2)cs1. The van der Waals surface area contributed by atoms with Crippen LogP contribution in [0.15, 0.2) is 46.8 Å². The number of pyridine rings is 1. The van der Waals surface area contributed by atoms with Crippen LogP contribution >= 0.6 is 11.3 Å². The third-order valence-corrected chi connectivity index (χ3v) is 5.05. The summed E-state index contributed by atoms with van der Waals surface area (Å²) >= 11 is 1.43. The molecule has 0 fully saturated rings. The van der Waals surface area contributed by atoms with E-state index in [2.05, 4.69) is 15.3 Å². The highest BCUT2D eigenvalue weighted by molar-refractivity contribution is 7.82. The second-order valence-electron chi connectivity index (χ2n) is 5.98. The Hall–Kier alpha value is -2.33. The van der Waals surface area contributed by atoms with E-state index >= 15 is 0 Å². The van der Waals surface area contributed by atoms with E-state index in [0.29, 0.717) is 27.2 Å². The van der Waals surface area contributed by atoms with Crippen LogP contribution in [0.3, 0.4) is 0 Å². The average Bonchev–Trinajstić information content (AvgIpc) is 3.11. The Kier molecular flexibility index (Phi) is 6.17. The summed E-state index contributed by atoms with van der Waals surface area (Å²) in [6.07, 6.45) is 1.67. The van der Waals surface area contributed by atoms with Gasteiger partial charge >= 0.3 is 0 Å². The number of nitrogens with one attached hydrogen (secondary N) is 1. The van der Waals surface area contributed by atoms with E-state index in [-0.39, 0.29) is 12.7 Å². The Morgan fingerprint density at radius 3 is 2.78 bits per heavy atom. The Labute approximate surface area is 163 Å². The summed E-state index contributed by atoms with van der Waals surface area (Å²) in [5.74, 6) is 0.630. The van der Waals surface area contributed by atoms with E-state index < -0.39 is 11.0 Å². The smallest absolute Gasteiger partial charge is 0.187 e. The van der Waals surface area contributed by atoms with E-state index in [1.165, 1.54) is 11.3 Å². The number of thiazole rings is 1. The molecule has 0 amide bonds. The fourth-order valence-electron chi connectivity index (χ4n) is 2.34. The predicted octanol–water partition coefficient (Wildman–Crippen LogP) is 3.21. The number of hydrogen-bond donors (Lipinski definition) is 3. The van der Waals surface area contributed by atoms with Crippen LogP contribution in [0.5, 0.6) is 5.75 Å². The number of anilines is 2. The second kappa shape index (κ2) is 8.57. The Bertz CT molecular complexity index is 942. The number of hydrogen-bond acceptors (Lipinski definition) is 7. The van der Waals surface area contributed by atoms with Crippen LogP contribution in [0.2, 0.25) is 0 Å². The van der Waals surface area contributed by atoms with Crippen molar-refractivity contribution in [2.45, 2.75) is 31.5 Å². The Balaban J connectivity index is 1.87. The van der Waals surface area contributed by atoms with Gasteiger partial charge in [-0.2, -0.15) is 0 Å². The third-order valence-electron chi connectivity index (χ3n) is 3.57. The Morgan fingerprint density at radius 2 is 2.15 bits per heavy atom. The molecule has 1 atom stereocenters. The van der Waals surface area contributed by atoms with E-state index in [9.17, 15) is 4.21 Å². The lowest BCUT2D eigenvalue weighted by molar-refractivity contribution is 0.243. The number of benzene rings is 1. The van der Waals surface area contributed by atoms with Gasteiger partial charge in [0.1, 0.15) is 16.7 Å². The monoisotopic (exact) mass is 404 g/mol. The van der Waals surface area contributed by atoms with Crippen LogP contribution in [-0.4, -0.2) is 25.4 Å². The van der Waals surface area contributed by atoms with Gasteiger partial charge in [0.2, 0.25) is 0 Å². The fraction of sp³-hybridized carbons (Fsp3) is 0.222. The minimum absolute atomic E-state index is 0.0113. The van der Waals surface area contributed by atoms with Crippen molar-refractivity contribution in [1.29, 1.82) is 0 Å². The maximum absolute atomic E-state index is 11.6. The maximum atomic E-state index is 11.6. The molecule has 142 valence electrons. The molecule has 0 spiro atoms.